The number of likely N-dealkylation sites (N-methyl/N-ethyl adjacent to an activating group) is 1. The van der Waals surface area contributed by atoms with Crippen molar-refractivity contribution < 1.29 is 4.74 Å². The summed E-state index contributed by atoms with van der Waals surface area (Å²) < 4.78 is 5.66. The molecule has 1 N–H and O–H groups in total. The smallest absolute Gasteiger partial charge is 0.119 e. The van der Waals surface area contributed by atoms with Gasteiger partial charge in [0, 0.05) is 18.6 Å². The van der Waals surface area contributed by atoms with E-state index >= 15 is 0 Å². The Kier molecular flexibility index (Phi) is 5.67. The first-order chi connectivity index (χ1) is 9.27. The number of para-hydroxylation sites is 1. The van der Waals surface area contributed by atoms with E-state index in [0.717, 1.165) is 37.9 Å². The van der Waals surface area contributed by atoms with Gasteiger partial charge in [-0.25, -0.2) is 0 Å². The molecule has 3 heteroatoms. The zero-order valence-corrected chi connectivity index (χ0v) is 12.1. The summed E-state index contributed by atoms with van der Waals surface area (Å²) in [6.07, 6.45) is 3.81. The molecule has 3 nitrogen and oxygen atoms in total. The lowest BCUT2D eigenvalue weighted by Gasteiger charge is -2.24. The lowest BCUT2D eigenvalue weighted by Crippen LogP contribution is -2.39. The van der Waals surface area contributed by atoms with Crippen LogP contribution in [0.3, 0.4) is 0 Å². The number of nitrogens with one attached hydrogen (secondary N) is 1. The van der Waals surface area contributed by atoms with E-state index in [0.29, 0.717) is 6.04 Å². The predicted molar refractivity (Wildman–Crippen MR) is 79.7 cm³/mol. The van der Waals surface area contributed by atoms with Gasteiger partial charge < -0.3 is 10.1 Å². The van der Waals surface area contributed by atoms with Gasteiger partial charge >= 0.3 is 0 Å². The summed E-state index contributed by atoms with van der Waals surface area (Å²) >= 11 is 0. The molecule has 0 heterocycles. The van der Waals surface area contributed by atoms with Crippen molar-refractivity contribution in [3.05, 3.63) is 30.3 Å². The van der Waals surface area contributed by atoms with E-state index in [9.17, 15) is 0 Å². The second-order valence-corrected chi connectivity index (χ2v) is 5.46. The zero-order valence-electron chi connectivity index (χ0n) is 12.1. The lowest BCUT2D eigenvalue weighted by atomic mass is 10.3. The van der Waals surface area contributed by atoms with Gasteiger partial charge in [-0.3, -0.25) is 4.90 Å². The molecule has 1 unspecified atom stereocenters. The SMILES string of the molecule is CC(CNCCCOc1ccccc1)N(C)C1CC1. The number of hydrogen-bond donors (Lipinski definition) is 1. The van der Waals surface area contributed by atoms with Crippen molar-refractivity contribution in [2.45, 2.75) is 38.3 Å². The van der Waals surface area contributed by atoms with Gasteiger partial charge in [-0.2, -0.15) is 0 Å². The molecule has 19 heavy (non-hydrogen) atoms. The van der Waals surface area contributed by atoms with E-state index in [1.807, 2.05) is 30.3 Å². The molecule has 0 aromatic heterocycles. The maximum Gasteiger partial charge on any atom is 0.119 e. The molecule has 106 valence electrons. The van der Waals surface area contributed by atoms with Crippen LogP contribution in [0.5, 0.6) is 5.75 Å². The molecule has 0 saturated heterocycles. The van der Waals surface area contributed by atoms with E-state index < -0.39 is 0 Å². The maximum absolute atomic E-state index is 5.66. The van der Waals surface area contributed by atoms with Crippen LogP contribution in [-0.4, -0.2) is 43.7 Å². The Morgan fingerprint density at radius 3 is 2.74 bits per heavy atom. The molecular formula is C16H26N2O. The second-order valence-electron chi connectivity index (χ2n) is 5.46. The fourth-order valence-electron chi connectivity index (χ4n) is 2.20. The predicted octanol–water partition coefficient (Wildman–Crippen LogP) is 2.53. The van der Waals surface area contributed by atoms with Gasteiger partial charge in [0.1, 0.15) is 5.75 Å². The Bertz CT molecular complexity index is 351. The van der Waals surface area contributed by atoms with Gasteiger partial charge in [-0.15, -0.1) is 0 Å². The zero-order chi connectivity index (χ0) is 13.5. The number of benzene rings is 1. The fourth-order valence-corrected chi connectivity index (χ4v) is 2.20. The molecule has 0 aliphatic heterocycles. The standard InChI is InChI=1S/C16H26N2O/c1-14(18(2)15-9-10-15)13-17-11-6-12-19-16-7-4-3-5-8-16/h3-5,7-8,14-15,17H,6,9-13H2,1-2H3. The maximum atomic E-state index is 5.66. The Morgan fingerprint density at radius 1 is 1.32 bits per heavy atom. The van der Waals surface area contributed by atoms with Crippen LogP contribution in [-0.2, 0) is 0 Å². The van der Waals surface area contributed by atoms with Crippen LogP contribution >= 0.6 is 0 Å². The molecule has 1 atom stereocenters. The molecule has 1 fully saturated rings. The number of rotatable bonds is 9. The van der Waals surface area contributed by atoms with E-state index in [4.69, 9.17) is 4.74 Å². The average molecular weight is 262 g/mol. The highest BCUT2D eigenvalue weighted by Crippen LogP contribution is 2.26. The van der Waals surface area contributed by atoms with E-state index in [1.54, 1.807) is 0 Å². The summed E-state index contributed by atoms with van der Waals surface area (Å²) in [4.78, 5) is 2.49. The van der Waals surface area contributed by atoms with Crippen molar-refractivity contribution in [3.8, 4) is 5.75 Å². The van der Waals surface area contributed by atoms with Crippen molar-refractivity contribution in [2.75, 3.05) is 26.7 Å². The first kappa shape index (κ1) is 14.4. The van der Waals surface area contributed by atoms with E-state index in [2.05, 4.69) is 24.2 Å². The van der Waals surface area contributed by atoms with Gasteiger partial charge in [-0.05, 0) is 51.9 Å². The van der Waals surface area contributed by atoms with Gasteiger partial charge in [0.05, 0.1) is 6.61 Å². The highest BCUT2D eigenvalue weighted by Gasteiger charge is 2.28. The summed E-state index contributed by atoms with van der Waals surface area (Å²) in [5, 5.41) is 3.51. The average Bonchev–Trinajstić information content (AvgIpc) is 3.27. The third-order valence-corrected chi connectivity index (χ3v) is 3.77. The van der Waals surface area contributed by atoms with Gasteiger partial charge in [0.2, 0.25) is 0 Å². The molecule has 2 rings (SSSR count). The largest absolute Gasteiger partial charge is 0.494 e. The van der Waals surface area contributed by atoms with E-state index in [-0.39, 0.29) is 0 Å². The van der Waals surface area contributed by atoms with E-state index in [1.165, 1.54) is 12.8 Å². The Balaban J connectivity index is 1.48. The number of hydrogen-bond acceptors (Lipinski definition) is 3. The summed E-state index contributed by atoms with van der Waals surface area (Å²) in [6, 6.07) is 11.5. The molecule has 1 aromatic carbocycles. The third kappa shape index (κ3) is 5.21. The summed E-state index contributed by atoms with van der Waals surface area (Å²) in [6.45, 7) is 5.17. The first-order valence-electron chi connectivity index (χ1n) is 7.38. The normalized spacial score (nSPS) is 16.6. The van der Waals surface area contributed by atoms with Crippen molar-refractivity contribution in [2.24, 2.45) is 0 Å². The molecule has 1 saturated carbocycles. The highest BCUT2D eigenvalue weighted by atomic mass is 16.5. The number of ether oxygens (including phenoxy) is 1. The van der Waals surface area contributed by atoms with Crippen LogP contribution in [0, 0.1) is 0 Å². The molecule has 0 radical (unpaired) electrons. The quantitative estimate of drug-likeness (QED) is 0.692. The number of nitrogens with zero attached hydrogens (tertiary/aromatic N) is 1. The fraction of sp³-hybridized carbons (Fsp3) is 0.625. The van der Waals surface area contributed by atoms with Crippen LogP contribution in [0.25, 0.3) is 0 Å². The minimum absolute atomic E-state index is 0.627. The molecule has 0 bridgehead atoms. The Hall–Kier alpha value is -1.06. The Labute approximate surface area is 116 Å². The summed E-state index contributed by atoms with van der Waals surface area (Å²) in [5.74, 6) is 0.962. The van der Waals surface area contributed by atoms with Crippen molar-refractivity contribution in [3.63, 3.8) is 0 Å². The lowest BCUT2D eigenvalue weighted by molar-refractivity contribution is 0.238. The first-order valence-corrected chi connectivity index (χ1v) is 7.38. The molecule has 0 spiro atoms. The Morgan fingerprint density at radius 2 is 2.05 bits per heavy atom. The molecule has 0 amide bonds. The van der Waals surface area contributed by atoms with Crippen LogP contribution < -0.4 is 10.1 Å². The van der Waals surface area contributed by atoms with Crippen molar-refractivity contribution in [1.82, 2.24) is 10.2 Å². The summed E-state index contributed by atoms with van der Waals surface area (Å²) in [5.41, 5.74) is 0. The van der Waals surface area contributed by atoms with Crippen molar-refractivity contribution in [1.29, 1.82) is 0 Å². The third-order valence-electron chi connectivity index (χ3n) is 3.77. The van der Waals surface area contributed by atoms with Crippen LogP contribution in [0.4, 0.5) is 0 Å². The minimum Gasteiger partial charge on any atom is -0.494 e. The minimum atomic E-state index is 0.627. The van der Waals surface area contributed by atoms with Crippen LogP contribution in [0.2, 0.25) is 0 Å². The second kappa shape index (κ2) is 7.51. The monoisotopic (exact) mass is 262 g/mol. The molecular weight excluding hydrogens is 236 g/mol. The highest BCUT2D eigenvalue weighted by molar-refractivity contribution is 5.20. The van der Waals surface area contributed by atoms with Gasteiger partial charge in [-0.1, -0.05) is 18.2 Å². The summed E-state index contributed by atoms with van der Waals surface area (Å²) in [7, 11) is 2.24. The van der Waals surface area contributed by atoms with Gasteiger partial charge in [0.15, 0.2) is 0 Å². The molecule has 1 aliphatic carbocycles. The van der Waals surface area contributed by atoms with Crippen molar-refractivity contribution >= 4 is 0 Å². The molecule has 1 aliphatic rings. The topological polar surface area (TPSA) is 24.5 Å². The van der Waals surface area contributed by atoms with Crippen LogP contribution in [0.15, 0.2) is 30.3 Å². The van der Waals surface area contributed by atoms with Crippen LogP contribution in [0.1, 0.15) is 26.2 Å². The molecule has 1 aromatic rings. The van der Waals surface area contributed by atoms with Gasteiger partial charge in [0.25, 0.3) is 0 Å².